The second-order valence-corrected chi connectivity index (χ2v) is 5.63. The summed E-state index contributed by atoms with van der Waals surface area (Å²) in [6.45, 7) is 4.87. The zero-order valence-corrected chi connectivity index (χ0v) is 11.9. The van der Waals surface area contributed by atoms with Crippen LogP contribution in [0.5, 0.6) is 0 Å². The minimum Gasteiger partial charge on any atom is -0.330 e. The van der Waals surface area contributed by atoms with Crippen molar-refractivity contribution >= 4 is 11.6 Å². The quantitative estimate of drug-likeness (QED) is 0.860. The summed E-state index contributed by atoms with van der Waals surface area (Å²) in [5, 5.41) is 0. The first-order valence-corrected chi connectivity index (χ1v) is 6.58. The number of halogens is 1. The highest BCUT2D eigenvalue weighted by Crippen LogP contribution is 2.26. The summed E-state index contributed by atoms with van der Waals surface area (Å²) in [5.41, 5.74) is 6.34. The number of nitrogens with two attached hydrogens (primary N) is 1. The second kappa shape index (κ2) is 6.66. The molecule has 0 fully saturated rings. The van der Waals surface area contributed by atoms with Crippen LogP contribution >= 0.6 is 0 Å². The van der Waals surface area contributed by atoms with Crippen molar-refractivity contribution in [1.82, 2.24) is 0 Å². The molecule has 1 aromatic carbocycles. The molecule has 0 aromatic heterocycles. The molecule has 0 spiro atoms. The number of hydrogen-bond acceptors (Lipinski definition) is 2. The van der Waals surface area contributed by atoms with Gasteiger partial charge in [-0.3, -0.25) is 4.79 Å². The maximum atomic E-state index is 12.8. The lowest BCUT2D eigenvalue weighted by Crippen LogP contribution is -2.28. The zero-order valence-electron chi connectivity index (χ0n) is 11.9. The molecule has 0 aliphatic carbocycles. The number of amides is 1. The van der Waals surface area contributed by atoms with Crippen LogP contribution in [0.25, 0.3) is 0 Å². The lowest BCUT2D eigenvalue weighted by atomic mass is 9.84. The van der Waals surface area contributed by atoms with E-state index in [4.69, 9.17) is 5.73 Å². The number of carbonyl (C=O) groups excluding carboxylic acids is 1. The van der Waals surface area contributed by atoms with Gasteiger partial charge in [-0.2, -0.15) is 0 Å². The van der Waals surface area contributed by atoms with E-state index in [9.17, 15) is 9.18 Å². The highest BCUT2D eigenvalue weighted by atomic mass is 19.1. The average Bonchev–Trinajstić information content (AvgIpc) is 2.36. The Bertz CT molecular complexity index is 415. The SMILES string of the molecule is CN(C(=O)CCC(C)(C)CCN)c1ccc(F)cc1. The molecule has 1 aromatic rings. The van der Waals surface area contributed by atoms with E-state index < -0.39 is 0 Å². The molecular formula is C15H23FN2O. The molecule has 0 saturated heterocycles. The fourth-order valence-corrected chi connectivity index (χ4v) is 1.94. The Morgan fingerprint density at radius 3 is 2.37 bits per heavy atom. The van der Waals surface area contributed by atoms with Crippen LogP contribution in [-0.4, -0.2) is 19.5 Å². The molecule has 2 N–H and O–H groups in total. The van der Waals surface area contributed by atoms with Crippen molar-refractivity contribution in [2.75, 3.05) is 18.5 Å². The van der Waals surface area contributed by atoms with Crippen molar-refractivity contribution in [1.29, 1.82) is 0 Å². The maximum absolute atomic E-state index is 12.8. The minimum absolute atomic E-state index is 0.0386. The lowest BCUT2D eigenvalue weighted by Gasteiger charge is -2.25. The average molecular weight is 266 g/mol. The summed E-state index contributed by atoms with van der Waals surface area (Å²) in [7, 11) is 1.71. The van der Waals surface area contributed by atoms with Crippen LogP contribution in [0.4, 0.5) is 10.1 Å². The topological polar surface area (TPSA) is 46.3 Å². The lowest BCUT2D eigenvalue weighted by molar-refractivity contribution is -0.118. The molecule has 3 nitrogen and oxygen atoms in total. The van der Waals surface area contributed by atoms with Crippen LogP contribution in [0.3, 0.4) is 0 Å². The molecule has 106 valence electrons. The molecule has 0 radical (unpaired) electrons. The molecule has 0 bridgehead atoms. The third-order valence-corrected chi connectivity index (χ3v) is 3.42. The zero-order chi connectivity index (χ0) is 14.5. The fourth-order valence-electron chi connectivity index (χ4n) is 1.94. The van der Waals surface area contributed by atoms with Crippen molar-refractivity contribution in [3.63, 3.8) is 0 Å². The Kier molecular flexibility index (Phi) is 5.48. The standard InChI is InChI=1S/C15H23FN2O/c1-15(2,10-11-17)9-8-14(19)18(3)13-6-4-12(16)5-7-13/h4-7H,8-11,17H2,1-3H3. The van der Waals surface area contributed by atoms with Gasteiger partial charge in [-0.15, -0.1) is 0 Å². The van der Waals surface area contributed by atoms with E-state index in [2.05, 4.69) is 13.8 Å². The largest absolute Gasteiger partial charge is 0.330 e. The molecule has 0 atom stereocenters. The highest BCUT2D eigenvalue weighted by Gasteiger charge is 2.20. The fraction of sp³-hybridized carbons (Fsp3) is 0.533. The summed E-state index contributed by atoms with van der Waals surface area (Å²) >= 11 is 0. The van der Waals surface area contributed by atoms with Gasteiger partial charge in [0.25, 0.3) is 0 Å². The first-order chi connectivity index (χ1) is 8.85. The van der Waals surface area contributed by atoms with Gasteiger partial charge in [0.05, 0.1) is 0 Å². The second-order valence-electron chi connectivity index (χ2n) is 5.63. The third-order valence-electron chi connectivity index (χ3n) is 3.42. The highest BCUT2D eigenvalue weighted by molar-refractivity contribution is 5.92. The van der Waals surface area contributed by atoms with Crippen LogP contribution in [-0.2, 0) is 4.79 Å². The maximum Gasteiger partial charge on any atom is 0.226 e. The molecule has 0 aliphatic rings. The van der Waals surface area contributed by atoms with E-state index >= 15 is 0 Å². The number of hydrogen-bond donors (Lipinski definition) is 1. The first kappa shape index (κ1) is 15.6. The van der Waals surface area contributed by atoms with Gasteiger partial charge in [0.15, 0.2) is 0 Å². The van der Waals surface area contributed by atoms with Crippen LogP contribution in [0.2, 0.25) is 0 Å². The molecular weight excluding hydrogens is 243 g/mol. The van der Waals surface area contributed by atoms with Gasteiger partial charge in [-0.1, -0.05) is 13.8 Å². The summed E-state index contributed by atoms with van der Waals surface area (Å²) < 4.78 is 12.8. The van der Waals surface area contributed by atoms with Gasteiger partial charge in [0, 0.05) is 19.2 Å². The molecule has 0 aliphatic heterocycles. The van der Waals surface area contributed by atoms with E-state index in [0.717, 1.165) is 12.8 Å². The monoisotopic (exact) mass is 266 g/mol. The van der Waals surface area contributed by atoms with E-state index in [1.54, 1.807) is 24.1 Å². The van der Waals surface area contributed by atoms with Crippen molar-refractivity contribution in [2.24, 2.45) is 11.1 Å². The van der Waals surface area contributed by atoms with Crippen LogP contribution < -0.4 is 10.6 Å². The van der Waals surface area contributed by atoms with Gasteiger partial charge in [0.2, 0.25) is 5.91 Å². The van der Waals surface area contributed by atoms with E-state index in [1.807, 2.05) is 0 Å². The van der Waals surface area contributed by atoms with Crippen LogP contribution in [0.1, 0.15) is 33.1 Å². The number of nitrogens with zero attached hydrogens (tertiary/aromatic N) is 1. The Morgan fingerprint density at radius 2 is 1.84 bits per heavy atom. The molecule has 1 amide bonds. The van der Waals surface area contributed by atoms with Crippen LogP contribution in [0, 0.1) is 11.2 Å². The number of anilines is 1. The minimum atomic E-state index is -0.298. The Morgan fingerprint density at radius 1 is 1.26 bits per heavy atom. The number of rotatable bonds is 6. The molecule has 1 rings (SSSR count). The van der Waals surface area contributed by atoms with Crippen LogP contribution in [0.15, 0.2) is 24.3 Å². The van der Waals surface area contributed by atoms with E-state index in [0.29, 0.717) is 18.7 Å². The summed E-state index contributed by atoms with van der Waals surface area (Å²) in [4.78, 5) is 13.6. The summed E-state index contributed by atoms with van der Waals surface area (Å²) in [6.07, 6.45) is 2.18. The molecule has 4 heteroatoms. The Balaban J connectivity index is 2.56. The van der Waals surface area contributed by atoms with Gasteiger partial charge in [-0.25, -0.2) is 4.39 Å². The number of carbonyl (C=O) groups is 1. The predicted octanol–water partition coefficient (Wildman–Crippen LogP) is 2.94. The Labute approximate surface area is 114 Å². The normalized spacial score (nSPS) is 11.4. The molecule has 0 saturated carbocycles. The smallest absolute Gasteiger partial charge is 0.226 e. The molecule has 0 heterocycles. The van der Waals surface area contributed by atoms with Crippen molar-refractivity contribution < 1.29 is 9.18 Å². The molecule has 19 heavy (non-hydrogen) atoms. The van der Waals surface area contributed by atoms with Gasteiger partial charge in [0.1, 0.15) is 5.82 Å². The van der Waals surface area contributed by atoms with E-state index in [1.165, 1.54) is 12.1 Å². The van der Waals surface area contributed by atoms with E-state index in [-0.39, 0.29) is 17.1 Å². The van der Waals surface area contributed by atoms with Gasteiger partial charge < -0.3 is 10.6 Å². The Hall–Kier alpha value is -1.42. The van der Waals surface area contributed by atoms with Crippen molar-refractivity contribution in [3.05, 3.63) is 30.1 Å². The summed E-state index contributed by atoms with van der Waals surface area (Å²) in [5.74, 6) is -0.259. The molecule has 0 unspecified atom stereocenters. The number of benzene rings is 1. The predicted molar refractivity (Wildman–Crippen MR) is 76.5 cm³/mol. The van der Waals surface area contributed by atoms with Crippen molar-refractivity contribution in [3.8, 4) is 0 Å². The first-order valence-electron chi connectivity index (χ1n) is 6.58. The summed E-state index contributed by atoms with van der Waals surface area (Å²) in [6, 6.07) is 5.94. The van der Waals surface area contributed by atoms with Gasteiger partial charge in [-0.05, 0) is 49.1 Å². The van der Waals surface area contributed by atoms with Gasteiger partial charge >= 0.3 is 0 Å². The van der Waals surface area contributed by atoms with Crippen molar-refractivity contribution in [2.45, 2.75) is 33.1 Å². The third kappa shape index (κ3) is 4.99.